The largest absolute Gasteiger partial charge is 0.392 e. The van der Waals surface area contributed by atoms with Crippen molar-refractivity contribution in [3.05, 3.63) is 82.5 Å². The molecular formula is C27H28N4O2. The lowest BCUT2D eigenvalue weighted by Gasteiger charge is -2.33. The summed E-state index contributed by atoms with van der Waals surface area (Å²) in [6.45, 7) is 2.28. The molecule has 2 aromatic carbocycles. The number of amides is 1. The van der Waals surface area contributed by atoms with Crippen LogP contribution in [0.3, 0.4) is 0 Å². The third kappa shape index (κ3) is 4.61. The van der Waals surface area contributed by atoms with Crippen LogP contribution in [0.1, 0.15) is 28.8 Å². The number of hydrogen-bond donors (Lipinski definition) is 3. The average Bonchev–Trinajstić information content (AvgIpc) is 2.89. The summed E-state index contributed by atoms with van der Waals surface area (Å²) in [5.41, 5.74) is 4.87. The van der Waals surface area contributed by atoms with Gasteiger partial charge in [-0.25, -0.2) is 0 Å². The van der Waals surface area contributed by atoms with Crippen molar-refractivity contribution in [2.75, 3.05) is 25.0 Å². The first-order chi connectivity index (χ1) is 16.2. The average molecular weight is 441 g/mol. The van der Waals surface area contributed by atoms with Crippen LogP contribution in [0, 0.1) is 0 Å². The predicted octanol–water partition coefficient (Wildman–Crippen LogP) is 2.08. The van der Waals surface area contributed by atoms with Crippen molar-refractivity contribution >= 4 is 23.9 Å². The van der Waals surface area contributed by atoms with E-state index >= 15 is 0 Å². The van der Waals surface area contributed by atoms with Crippen molar-refractivity contribution < 1.29 is 9.90 Å². The van der Waals surface area contributed by atoms with Crippen molar-refractivity contribution in [3.63, 3.8) is 0 Å². The summed E-state index contributed by atoms with van der Waals surface area (Å²) in [6, 6.07) is 16.4. The van der Waals surface area contributed by atoms with Gasteiger partial charge in [-0.15, -0.1) is 0 Å². The molecule has 0 atom stereocenters. The molecule has 1 aromatic heterocycles. The number of rotatable bonds is 5. The number of pyridine rings is 1. The molecule has 168 valence electrons. The van der Waals surface area contributed by atoms with Crippen LogP contribution in [0.5, 0.6) is 0 Å². The van der Waals surface area contributed by atoms with Gasteiger partial charge < -0.3 is 20.6 Å². The number of carbonyl (C=O) groups is 1. The SMILES string of the molecule is O=C(c1cccnc1)N1CCC(Nc2cc(-c3cccc(CO)c3)cc3c2=CNCC=3)CC1. The standard InChI is InChI=1S/C27H28N4O2/c32-18-19-3-1-4-20(13-19)23-14-21-6-10-29-17-25(21)26(15-23)30-24-7-11-31(12-8-24)27(33)22-5-2-9-28-16-22/h1-6,9,13-17,24,29-30,32H,7-8,10-12,18H2. The van der Waals surface area contributed by atoms with Crippen molar-refractivity contribution in [1.29, 1.82) is 0 Å². The summed E-state index contributed by atoms with van der Waals surface area (Å²) in [5, 5.41) is 19.0. The number of aliphatic hydroxyl groups is 1. The van der Waals surface area contributed by atoms with Gasteiger partial charge in [-0.2, -0.15) is 0 Å². The molecule has 0 saturated carbocycles. The fourth-order valence-corrected chi connectivity index (χ4v) is 4.59. The molecule has 1 fully saturated rings. The smallest absolute Gasteiger partial charge is 0.255 e. The van der Waals surface area contributed by atoms with Gasteiger partial charge in [0.2, 0.25) is 0 Å². The summed E-state index contributed by atoms with van der Waals surface area (Å²) in [5.74, 6) is 0.0526. The number of aliphatic hydroxyl groups excluding tert-OH is 1. The second kappa shape index (κ2) is 9.46. The van der Waals surface area contributed by atoms with Crippen LogP contribution in [0.15, 0.2) is 60.9 Å². The number of aromatic nitrogens is 1. The third-order valence-electron chi connectivity index (χ3n) is 6.39. The molecule has 6 heteroatoms. The molecule has 0 spiro atoms. The Morgan fingerprint density at radius 3 is 2.79 bits per heavy atom. The molecule has 1 amide bonds. The van der Waals surface area contributed by atoms with Gasteiger partial charge in [0.05, 0.1) is 12.2 Å². The molecule has 2 aliphatic heterocycles. The highest BCUT2D eigenvalue weighted by Gasteiger charge is 2.24. The topological polar surface area (TPSA) is 77.5 Å². The summed E-state index contributed by atoms with van der Waals surface area (Å²) >= 11 is 0. The van der Waals surface area contributed by atoms with Gasteiger partial charge in [-0.1, -0.05) is 24.3 Å². The van der Waals surface area contributed by atoms with Crippen molar-refractivity contribution in [3.8, 4) is 11.1 Å². The van der Waals surface area contributed by atoms with E-state index in [2.05, 4.69) is 46.1 Å². The molecule has 1 saturated heterocycles. The highest BCUT2D eigenvalue weighted by molar-refractivity contribution is 5.93. The summed E-state index contributed by atoms with van der Waals surface area (Å²) in [7, 11) is 0. The van der Waals surface area contributed by atoms with E-state index in [0.29, 0.717) is 11.6 Å². The van der Waals surface area contributed by atoms with E-state index in [1.807, 2.05) is 29.2 Å². The van der Waals surface area contributed by atoms with Crippen molar-refractivity contribution in [1.82, 2.24) is 15.2 Å². The fourth-order valence-electron chi connectivity index (χ4n) is 4.59. The quantitative estimate of drug-likeness (QED) is 0.566. The molecule has 3 N–H and O–H groups in total. The second-order valence-corrected chi connectivity index (χ2v) is 8.59. The van der Waals surface area contributed by atoms with E-state index in [4.69, 9.17) is 0 Å². The minimum Gasteiger partial charge on any atom is -0.392 e. The fraction of sp³-hybridized carbons (Fsp3) is 0.259. The van der Waals surface area contributed by atoms with Crippen LogP contribution < -0.4 is 21.1 Å². The normalized spacial score (nSPS) is 15.6. The van der Waals surface area contributed by atoms with Gasteiger partial charge in [0.25, 0.3) is 5.91 Å². The maximum Gasteiger partial charge on any atom is 0.255 e. The summed E-state index contributed by atoms with van der Waals surface area (Å²) < 4.78 is 0. The van der Waals surface area contributed by atoms with Gasteiger partial charge in [0.15, 0.2) is 0 Å². The molecular weight excluding hydrogens is 412 g/mol. The van der Waals surface area contributed by atoms with Gasteiger partial charge in [-0.3, -0.25) is 9.78 Å². The molecule has 33 heavy (non-hydrogen) atoms. The number of fused-ring (bicyclic) bond motifs is 1. The maximum absolute atomic E-state index is 12.7. The number of hydrogen-bond acceptors (Lipinski definition) is 5. The van der Waals surface area contributed by atoms with Gasteiger partial charge >= 0.3 is 0 Å². The lowest BCUT2D eigenvalue weighted by molar-refractivity contribution is 0.0718. The van der Waals surface area contributed by atoms with Crippen LogP contribution in [0.25, 0.3) is 23.4 Å². The Morgan fingerprint density at radius 2 is 2.00 bits per heavy atom. The number of anilines is 1. The maximum atomic E-state index is 12.7. The lowest BCUT2D eigenvalue weighted by atomic mass is 9.98. The highest BCUT2D eigenvalue weighted by atomic mass is 16.3. The van der Waals surface area contributed by atoms with Crippen LogP contribution in [0.2, 0.25) is 0 Å². The summed E-state index contributed by atoms with van der Waals surface area (Å²) in [4.78, 5) is 18.7. The van der Waals surface area contributed by atoms with Crippen LogP contribution >= 0.6 is 0 Å². The van der Waals surface area contributed by atoms with Gasteiger partial charge in [-0.05, 0) is 65.1 Å². The first-order valence-electron chi connectivity index (χ1n) is 11.4. The van der Waals surface area contributed by atoms with E-state index < -0.39 is 0 Å². The number of piperidine rings is 1. The third-order valence-corrected chi connectivity index (χ3v) is 6.39. The Bertz CT molecular complexity index is 1270. The molecule has 3 heterocycles. The first kappa shape index (κ1) is 21.2. The van der Waals surface area contributed by atoms with Gasteiger partial charge in [0, 0.05) is 55.2 Å². The lowest BCUT2D eigenvalue weighted by Crippen LogP contribution is -2.44. The zero-order valence-corrected chi connectivity index (χ0v) is 18.5. The molecule has 6 nitrogen and oxygen atoms in total. The minimum absolute atomic E-state index is 0.0318. The number of benzene rings is 2. The van der Waals surface area contributed by atoms with E-state index in [1.165, 1.54) is 5.22 Å². The Kier molecular flexibility index (Phi) is 6.09. The monoisotopic (exact) mass is 440 g/mol. The van der Waals surface area contributed by atoms with Gasteiger partial charge in [0.1, 0.15) is 0 Å². The molecule has 2 aliphatic rings. The zero-order valence-electron chi connectivity index (χ0n) is 18.5. The van der Waals surface area contributed by atoms with E-state index in [0.717, 1.165) is 60.1 Å². The molecule has 0 bridgehead atoms. The van der Waals surface area contributed by atoms with Crippen LogP contribution in [0.4, 0.5) is 5.69 Å². The van der Waals surface area contributed by atoms with E-state index in [-0.39, 0.29) is 12.5 Å². The minimum atomic E-state index is 0.0318. The second-order valence-electron chi connectivity index (χ2n) is 8.59. The van der Waals surface area contributed by atoms with Crippen molar-refractivity contribution in [2.24, 2.45) is 0 Å². The zero-order chi connectivity index (χ0) is 22.6. The Balaban J connectivity index is 1.36. The Labute approximate surface area is 193 Å². The highest BCUT2D eigenvalue weighted by Crippen LogP contribution is 2.23. The molecule has 5 rings (SSSR count). The first-order valence-corrected chi connectivity index (χ1v) is 11.4. The molecule has 3 aromatic rings. The van der Waals surface area contributed by atoms with E-state index in [9.17, 15) is 9.90 Å². The Hall–Kier alpha value is -3.64. The number of likely N-dealkylation sites (tertiary alicyclic amines) is 1. The van der Waals surface area contributed by atoms with Crippen LogP contribution in [-0.4, -0.2) is 46.6 Å². The molecule has 0 unspecified atom stereocenters. The Morgan fingerprint density at radius 1 is 1.12 bits per heavy atom. The molecule has 0 radical (unpaired) electrons. The van der Waals surface area contributed by atoms with Crippen molar-refractivity contribution in [2.45, 2.75) is 25.5 Å². The number of nitrogens with zero attached hydrogens (tertiary/aromatic N) is 2. The predicted molar refractivity (Wildman–Crippen MR) is 131 cm³/mol. The number of nitrogens with one attached hydrogen (secondary N) is 2. The van der Waals surface area contributed by atoms with E-state index in [1.54, 1.807) is 18.5 Å². The van der Waals surface area contributed by atoms with Crippen LogP contribution in [-0.2, 0) is 6.61 Å². The number of carbonyl (C=O) groups excluding carboxylic acids is 1. The summed E-state index contributed by atoms with van der Waals surface area (Å²) in [6.07, 6.45) is 9.38. The molecule has 0 aliphatic carbocycles.